The van der Waals surface area contributed by atoms with Crippen LogP contribution in [0, 0.1) is 13.8 Å². The first-order chi connectivity index (χ1) is 10.2. The molecule has 0 aromatic carbocycles. The van der Waals surface area contributed by atoms with Crippen LogP contribution in [0.4, 0.5) is 10.6 Å². The highest BCUT2D eigenvalue weighted by Gasteiger charge is 2.31. The molecule has 1 aliphatic rings. The Labute approximate surface area is 132 Å². The van der Waals surface area contributed by atoms with Crippen LogP contribution in [0.2, 0.25) is 0 Å². The fourth-order valence-corrected chi connectivity index (χ4v) is 2.62. The van der Waals surface area contributed by atoms with Crippen molar-refractivity contribution in [2.75, 3.05) is 24.5 Å². The molecule has 0 bridgehead atoms. The standard InChI is InChI=1S/C16H26N4O2/c1-11-9-14(18-13(3)17-11)19-7-8-20(12(2)10-19)15(21)22-16(4,5)6/h9,12H,7-8,10H2,1-6H3/t12-/m1/s1. The van der Waals surface area contributed by atoms with Gasteiger partial charge in [0.2, 0.25) is 0 Å². The zero-order valence-corrected chi connectivity index (χ0v) is 14.4. The number of hydrogen-bond acceptors (Lipinski definition) is 5. The molecule has 1 aromatic heterocycles. The zero-order chi connectivity index (χ0) is 16.5. The van der Waals surface area contributed by atoms with Crippen LogP contribution in [0.1, 0.15) is 39.2 Å². The number of amides is 1. The Balaban J connectivity index is 2.05. The zero-order valence-electron chi connectivity index (χ0n) is 14.4. The van der Waals surface area contributed by atoms with Gasteiger partial charge in [0.05, 0.1) is 0 Å². The minimum atomic E-state index is -0.463. The first kappa shape index (κ1) is 16.5. The van der Waals surface area contributed by atoms with Crippen LogP contribution >= 0.6 is 0 Å². The molecule has 0 radical (unpaired) electrons. The van der Waals surface area contributed by atoms with Crippen molar-refractivity contribution >= 4 is 11.9 Å². The summed E-state index contributed by atoms with van der Waals surface area (Å²) in [5, 5.41) is 0. The number of rotatable bonds is 1. The lowest BCUT2D eigenvalue weighted by molar-refractivity contribution is 0.0158. The van der Waals surface area contributed by atoms with Crippen LogP contribution in [0.3, 0.4) is 0 Å². The third-order valence-electron chi connectivity index (χ3n) is 3.53. The fourth-order valence-electron chi connectivity index (χ4n) is 2.62. The monoisotopic (exact) mass is 306 g/mol. The van der Waals surface area contributed by atoms with Gasteiger partial charge in [-0.1, -0.05) is 0 Å². The van der Waals surface area contributed by atoms with Gasteiger partial charge in [-0.25, -0.2) is 14.8 Å². The SMILES string of the molecule is Cc1cc(N2CCN(C(=O)OC(C)(C)C)[C@H](C)C2)nc(C)n1. The smallest absolute Gasteiger partial charge is 0.410 e. The highest BCUT2D eigenvalue weighted by atomic mass is 16.6. The van der Waals surface area contributed by atoms with Crippen LogP contribution in [0.5, 0.6) is 0 Å². The first-order valence-corrected chi connectivity index (χ1v) is 7.72. The molecule has 2 heterocycles. The maximum Gasteiger partial charge on any atom is 0.410 e. The van der Waals surface area contributed by atoms with Crippen molar-refractivity contribution in [3.8, 4) is 0 Å². The van der Waals surface area contributed by atoms with Crippen LogP contribution in [-0.2, 0) is 4.74 Å². The third-order valence-corrected chi connectivity index (χ3v) is 3.53. The van der Waals surface area contributed by atoms with Gasteiger partial charge in [0.1, 0.15) is 17.2 Å². The molecule has 0 spiro atoms. The molecule has 0 N–H and O–H groups in total. The molecular weight excluding hydrogens is 280 g/mol. The van der Waals surface area contributed by atoms with E-state index in [1.807, 2.05) is 47.6 Å². The van der Waals surface area contributed by atoms with E-state index >= 15 is 0 Å². The lowest BCUT2D eigenvalue weighted by atomic mass is 10.2. The summed E-state index contributed by atoms with van der Waals surface area (Å²) >= 11 is 0. The lowest BCUT2D eigenvalue weighted by Gasteiger charge is -2.40. The van der Waals surface area contributed by atoms with Crippen LogP contribution in [0.15, 0.2) is 6.07 Å². The van der Waals surface area contributed by atoms with Gasteiger partial charge in [0, 0.05) is 37.4 Å². The van der Waals surface area contributed by atoms with Crippen molar-refractivity contribution in [1.29, 1.82) is 0 Å². The Morgan fingerprint density at radius 3 is 2.50 bits per heavy atom. The summed E-state index contributed by atoms with van der Waals surface area (Å²) in [6.07, 6.45) is -0.241. The number of aromatic nitrogens is 2. The van der Waals surface area contributed by atoms with E-state index in [4.69, 9.17) is 4.74 Å². The topological polar surface area (TPSA) is 58.6 Å². The second-order valence-corrected chi connectivity index (χ2v) is 6.88. The molecule has 1 amide bonds. The summed E-state index contributed by atoms with van der Waals surface area (Å²) < 4.78 is 5.47. The number of hydrogen-bond donors (Lipinski definition) is 0. The number of piperazine rings is 1. The van der Waals surface area contributed by atoms with E-state index in [2.05, 4.69) is 14.9 Å². The Morgan fingerprint density at radius 2 is 1.95 bits per heavy atom. The molecule has 6 heteroatoms. The number of carbonyl (C=O) groups is 1. The molecule has 1 atom stereocenters. The highest BCUT2D eigenvalue weighted by Crippen LogP contribution is 2.20. The predicted octanol–water partition coefficient (Wildman–Crippen LogP) is 2.54. The van der Waals surface area contributed by atoms with Crippen LogP contribution in [-0.4, -0.2) is 52.2 Å². The number of anilines is 1. The summed E-state index contributed by atoms with van der Waals surface area (Å²) in [5.41, 5.74) is 0.499. The van der Waals surface area contributed by atoms with E-state index in [0.717, 1.165) is 30.4 Å². The number of nitrogens with zero attached hydrogens (tertiary/aromatic N) is 4. The van der Waals surface area contributed by atoms with Gasteiger partial charge in [0.15, 0.2) is 0 Å². The minimum Gasteiger partial charge on any atom is -0.444 e. The Hall–Kier alpha value is -1.85. The number of carbonyl (C=O) groups excluding carboxylic acids is 1. The molecule has 6 nitrogen and oxygen atoms in total. The Kier molecular flexibility index (Phi) is 4.58. The summed E-state index contributed by atoms with van der Waals surface area (Å²) in [4.78, 5) is 25.0. The maximum atomic E-state index is 12.2. The molecule has 1 fully saturated rings. The molecule has 2 rings (SSSR count). The summed E-state index contributed by atoms with van der Waals surface area (Å²) in [7, 11) is 0. The average Bonchev–Trinajstić information content (AvgIpc) is 2.35. The van der Waals surface area contributed by atoms with Crippen molar-refractivity contribution in [3.63, 3.8) is 0 Å². The van der Waals surface area contributed by atoms with Crippen molar-refractivity contribution in [2.45, 2.75) is 53.2 Å². The van der Waals surface area contributed by atoms with Gasteiger partial charge in [-0.05, 0) is 41.5 Å². The van der Waals surface area contributed by atoms with Gasteiger partial charge >= 0.3 is 6.09 Å². The van der Waals surface area contributed by atoms with E-state index in [0.29, 0.717) is 6.54 Å². The molecule has 1 aliphatic heterocycles. The molecule has 22 heavy (non-hydrogen) atoms. The number of aryl methyl sites for hydroxylation is 2. The van der Waals surface area contributed by atoms with E-state index in [-0.39, 0.29) is 12.1 Å². The summed E-state index contributed by atoms with van der Waals surface area (Å²) in [6.45, 7) is 13.7. The van der Waals surface area contributed by atoms with Gasteiger partial charge in [0.25, 0.3) is 0 Å². The van der Waals surface area contributed by atoms with Crippen LogP contribution in [0.25, 0.3) is 0 Å². The average molecular weight is 306 g/mol. The Morgan fingerprint density at radius 1 is 1.27 bits per heavy atom. The lowest BCUT2D eigenvalue weighted by Crippen LogP contribution is -2.55. The van der Waals surface area contributed by atoms with Gasteiger partial charge in [-0.2, -0.15) is 0 Å². The fraction of sp³-hybridized carbons (Fsp3) is 0.688. The second kappa shape index (κ2) is 6.10. The van der Waals surface area contributed by atoms with Crippen LogP contribution < -0.4 is 4.90 Å². The Bertz CT molecular complexity index is 533. The van der Waals surface area contributed by atoms with Crippen molar-refractivity contribution in [3.05, 3.63) is 17.6 Å². The molecular formula is C16H26N4O2. The largest absolute Gasteiger partial charge is 0.444 e. The van der Waals surface area contributed by atoms with Gasteiger partial charge in [-0.3, -0.25) is 0 Å². The molecule has 1 aromatic rings. The predicted molar refractivity (Wildman–Crippen MR) is 86.1 cm³/mol. The molecule has 0 aliphatic carbocycles. The molecule has 0 unspecified atom stereocenters. The highest BCUT2D eigenvalue weighted by molar-refractivity contribution is 5.69. The van der Waals surface area contributed by atoms with E-state index in [1.54, 1.807) is 4.90 Å². The number of ether oxygens (including phenoxy) is 1. The first-order valence-electron chi connectivity index (χ1n) is 7.72. The minimum absolute atomic E-state index is 0.0826. The quantitative estimate of drug-likeness (QED) is 0.798. The molecule has 0 saturated carbocycles. The van der Waals surface area contributed by atoms with Gasteiger partial charge < -0.3 is 14.5 Å². The van der Waals surface area contributed by atoms with Crippen molar-refractivity contribution in [1.82, 2.24) is 14.9 Å². The maximum absolute atomic E-state index is 12.2. The third kappa shape index (κ3) is 4.08. The summed E-state index contributed by atoms with van der Waals surface area (Å²) in [6, 6.07) is 2.07. The molecule has 122 valence electrons. The van der Waals surface area contributed by atoms with E-state index in [9.17, 15) is 4.79 Å². The summed E-state index contributed by atoms with van der Waals surface area (Å²) in [5.74, 6) is 1.71. The van der Waals surface area contributed by atoms with Crippen molar-refractivity contribution in [2.24, 2.45) is 0 Å². The van der Waals surface area contributed by atoms with E-state index in [1.165, 1.54) is 0 Å². The van der Waals surface area contributed by atoms with Gasteiger partial charge in [-0.15, -0.1) is 0 Å². The van der Waals surface area contributed by atoms with Crippen molar-refractivity contribution < 1.29 is 9.53 Å². The normalized spacial score (nSPS) is 19.3. The molecule has 1 saturated heterocycles. The second-order valence-electron chi connectivity index (χ2n) is 6.88. The van der Waals surface area contributed by atoms with E-state index < -0.39 is 5.60 Å².